The van der Waals surface area contributed by atoms with Crippen LogP contribution in [0.2, 0.25) is 5.02 Å². The summed E-state index contributed by atoms with van der Waals surface area (Å²) in [6.45, 7) is 0. The van der Waals surface area contributed by atoms with Crippen LogP contribution in [0, 0.1) is 11.3 Å². The second kappa shape index (κ2) is 5.07. The van der Waals surface area contributed by atoms with Crippen LogP contribution in [0.1, 0.15) is 11.1 Å². The summed E-state index contributed by atoms with van der Waals surface area (Å²) in [6, 6.07) is 5.52. The number of nitriles is 1. The molecule has 1 aromatic rings. The van der Waals surface area contributed by atoms with Crippen molar-refractivity contribution >= 4 is 27.5 Å². The Morgan fingerprint density at radius 1 is 1.44 bits per heavy atom. The molecule has 0 fully saturated rings. The van der Waals surface area contributed by atoms with Crippen molar-refractivity contribution in [3.63, 3.8) is 0 Å². The summed E-state index contributed by atoms with van der Waals surface area (Å²) >= 11 is 8.49. The van der Waals surface area contributed by atoms with E-state index in [1.807, 2.05) is 6.07 Å². The molecule has 0 aromatic heterocycles. The van der Waals surface area contributed by atoms with E-state index >= 15 is 0 Å². The lowest BCUT2D eigenvalue weighted by Crippen LogP contribution is -2.08. The molecule has 0 heterocycles. The molecule has 0 saturated heterocycles. The number of alkyl halides is 4. The van der Waals surface area contributed by atoms with Crippen LogP contribution in [0.15, 0.2) is 18.2 Å². The highest BCUT2D eigenvalue weighted by Gasteiger charge is 2.33. The van der Waals surface area contributed by atoms with Crippen LogP contribution < -0.4 is 0 Å². The molecule has 1 aromatic carbocycles. The Balaban J connectivity index is 3.04. The molecule has 1 atom stereocenters. The van der Waals surface area contributed by atoms with Crippen LogP contribution in [-0.4, -0.2) is 4.83 Å². The number of halogens is 5. The molecular weight excluding hydrogens is 306 g/mol. The van der Waals surface area contributed by atoms with Crippen molar-refractivity contribution in [2.24, 2.45) is 0 Å². The van der Waals surface area contributed by atoms with Crippen molar-refractivity contribution < 1.29 is 13.2 Å². The molecular formula is C10H6BrClF3N. The number of hydrogen-bond acceptors (Lipinski definition) is 1. The van der Waals surface area contributed by atoms with Crippen LogP contribution in [0.25, 0.3) is 0 Å². The Hall–Kier alpha value is -0.730. The Labute approximate surface area is 104 Å². The molecule has 0 spiro atoms. The van der Waals surface area contributed by atoms with Gasteiger partial charge in [0.25, 0.3) is 0 Å². The zero-order valence-electron chi connectivity index (χ0n) is 7.85. The first kappa shape index (κ1) is 13.3. The van der Waals surface area contributed by atoms with E-state index in [4.69, 9.17) is 16.9 Å². The van der Waals surface area contributed by atoms with Gasteiger partial charge in [0.15, 0.2) is 0 Å². The molecule has 0 aliphatic rings. The Morgan fingerprint density at radius 2 is 2.06 bits per heavy atom. The first-order valence-electron chi connectivity index (χ1n) is 4.24. The lowest BCUT2D eigenvalue weighted by molar-refractivity contribution is -0.137. The SMILES string of the molecule is N#CC(Br)Cc1ccc(Cl)c(C(F)(F)F)c1. The molecule has 0 N–H and O–H groups in total. The molecule has 6 heteroatoms. The summed E-state index contributed by atoms with van der Waals surface area (Å²) in [4.78, 5) is -0.505. The van der Waals surface area contributed by atoms with Gasteiger partial charge >= 0.3 is 6.18 Å². The highest BCUT2D eigenvalue weighted by molar-refractivity contribution is 9.09. The monoisotopic (exact) mass is 311 g/mol. The zero-order valence-corrected chi connectivity index (χ0v) is 10.2. The highest BCUT2D eigenvalue weighted by atomic mass is 79.9. The molecule has 1 rings (SSSR count). The van der Waals surface area contributed by atoms with E-state index in [2.05, 4.69) is 15.9 Å². The molecule has 16 heavy (non-hydrogen) atoms. The third-order valence-electron chi connectivity index (χ3n) is 1.89. The van der Waals surface area contributed by atoms with Crippen molar-refractivity contribution in [3.8, 4) is 6.07 Å². The fourth-order valence-corrected chi connectivity index (χ4v) is 1.77. The third kappa shape index (κ3) is 3.39. The van der Waals surface area contributed by atoms with Crippen molar-refractivity contribution in [3.05, 3.63) is 34.3 Å². The molecule has 1 unspecified atom stereocenters. The number of hydrogen-bond donors (Lipinski definition) is 0. The maximum absolute atomic E-state index is 12.5. The molecule has 0 aliphatic heterocycles. The van der Waals surface area contributed by atoms with Crippen LogP contribution in [0.4, 0.5) is 13.2 Å². The average Bonchev–Trinajstić information content (AvgIpc) is 2.19. The minimum atomic E-state index is -4.47. The van der Waals surface area contributed by atoms with E-state index in [1.54, 1.807) is 0 Å². The van der Waals surface area contributed by atoms with Gasteiger partial charge in [0.05, 0.1) is 16.7 Å². The van der Waals surface area contributed by atoms with Crippen LogP contribution in [0.3, 0.4) is 0 Å². The zero-order chi connectivity index (χ0) is 12.3. The van der Waals surface area contributed by atoms with Gasteiger partial charge in [-0.05, 0) is 24.1 Å². The Kier molecular flexibility index (Phi) is 4.22. The highest BCUT2D eigenvalue weighted by Crippen LogP contribution is 2.35. The molecule has 86 valence electrons. The van der Waals surface area contributed by atoms with Gasteiger partial charge in [0.1, 0.15) is 4.83 Å². The van der Waals surface area contributed by atoms with Crippen molar-refractivity contribution in [1.82, 2.24) is 0 Å². The molecule has 0 saturated carbocycles. The van der Waals surface area contributed by atoms with Gasteiger partial charge in [-0.1, -0.05) is 33.6 Å². The summed E-state index contributed by atoms with van der Waals surface area (Å²) in [7, 11) is 0. The second-order valence-electron chi connectivity index (χ2n) is 3.11. The standard InChI is InChI=1S/C10H6BrClF3N/c11-7(5-16)3-6-1-2-9(12)8(4-6)10(13,14)15/h1-2,4,7H,3H2. The van der Waals surface area contributed by atoms with Gasteiger partial charge in [-0.2, -0.15) is 18.4 Å². The van der Waals surface area contributed by atoms with Gasteiger partial charge in [-0.3, -0.25) is 0 Å². The molecule has 0 bridgehead atoms. The lowest BCUT2D eigenvalue weighted by Gasteiger charge is -2.11. The normalized spacial score (nSPS) is 13.2. The summed E-state index contributed by atoms with van der Waals surface area (Å²) in [5, 5.41) is 8.20. The predicted molar refractivity (Wildman–Crippen MR) is 58.5 cm³/mol. The van der Waals surface area contributed by atoms with Crippen LogP contribution in [-0.2, 0) is 12.6 Å². The second-order valence-corrected chi connectivity index (χ2v) is 4.63. The molecule has 1 nitrogen and oxygen atoms in total. The largest absolute Gasteiger partial charge is 0.417 e. The Bertz CT molecular complexity index is 425. The summed E-state index contributed by atoms with van der Waals surface area (Å²) < 4.78 is 37.5. The molecule has 0 radical (unpaired) electrons. The van der Waals surface area contributed by atoms with Gasteiger partial charge < -0.3 is 0 Å². The molecule has 0 aliphatic carbocycles. The third-order valence-corrected chi connectivity index (χ3v) is 2.75. The topological polar surface area (TPSA) is 23.8 Å². The Morgan fingerprint density at radius 3 is 2.56 bits per heavy atom. The van der Waals surface area contributed by atoms with E-state index in [9.17, 15) is 13.2 Å². The lowest BCUT2D eigenvalue weighted by atomic mass is 10.1. The average molecular weight is 313 g/mol. The van der Waals surface area contributed by atoms with E-state index in [0.29, 0.717) is 5.56 Å². The van der Waals surface area contributed by atoms with Gasteiger partial charge in [-0.15, -0.1) is 0 Å². The first-order chi connectivity index (χ1) is 7.34. The van der Waals surface area contributed by atoms with Crippen molar-refractivity contribution in [1.29, 1.82) is 5.26 Å². The van der Waals surface area contributed by atoms with Gasteiger partial charge in [-0.25, -0.2) is 0 Å². The maximum atomic E-state index is 12.5. The van der Waals surface area contributed by atoms with Gasteiger partial charge in [0, 0.05) is 0 Å². The van der Waals surface area contributed by atoms with Crippen molar-refractivity contribution in [2.45, 2.75) is 17.4 Å². The summed E-state index contributed by atoms with van der Waals surface area (Å²) in [5.74, 6) is 0. The minimum absolute atomic E-state index is 0.205. The van der Waals surface area contributed by atoms with E-state index in [-0.39, 0.29) is 11.4 Å². The number of nitrogens with zero attached hydrogens (tertiary/aromatic N) is 1. The fraction of sp³-hybridized carbons (Fsp3) is 0.300. The van der Waals surface area contributed by atoms with E-state index < -0.39 is 16.6 Å². The fourth-order valence-electron chi connectivity index (χ4n) is 1.17. The summed E-state index contributed by atoms with van der Waals surface area (Å²) in [6.07, 6.45) is -4.27. The van der Waals surface area contributed by atoms with Crippen LogP contribution in [0.5, 0.6) is 0 Å². The van der Waals surface area contributed by atoms with Crippen LogP contribution >= 0.6 is 27.5 Å². The molecule has 0 amide bonds. The first-order valence-corrected chi connectivity index (χ1v) is 5.53. The van der Waals surface area contributed by atoms with E-state index in [0.717, 1.165) is 6.07 Å². The predicted octanol–water partition coefficient (Wildman–Crippen LogP) is 4.19. The van der Waals surface area contributed by atoms with Gasteiger partial charge in [0.2, 0.25) is 0 Å². The maximum Gasteiger partial charge on any atom is 0.417 e. The smallest absolute Gasteiger partial charge is 0.197 e. The van der Waals surface area contributed by atoms with Crippen molar-refractivity contribution in [2.75, 3.05) is 0 Å². The quantitative estimate of drug-likeness (QED) is 0.751. The van der Waals surface area contributed by atoms with E-state index in [1.165, 1.54) is 12.1 Å². The number of rotatable bonds is 2. The minimum Gasteiger partial charge on any atom is -0.197 e. The number of benzene rings is 1. The summed E-state index contributed by atoms with van der Waals surface area (Å²) in [5.41, 5.74) is -0.454.